The van der Waals surface area contributed by atoms with Crippen LogP contribution >= 0.6 is 11.6 Å². The molecule has 0 amide bonds. The lowest BCUT2D eigenvalue weighted by Crippen LogP contribution is -2.61. The molecular weight excluding hydrogens is 1240 g/mol. The minimum absolute atomic E-state index is 0.00946. The van der Waals surface area contributed by atoms with Crippen LogP contribution in [0.15, 0.2) is 28.3 Å². The fourth-order valence-electron chi connectivity index (χ4n) is 14.2. The number of benzene rings is 1. The van der Waals surface area contributed by atoms with E-state index in [0.29, 0.717) is 80.7 Å². The summed E-state index contributed by atoms with van der Waals surface area (Å²) >= 11 is 6.59. The number of nitrogens with one attached hydrogen (secondary N) is 2. The number of carboxylic acids is 1. The van der Waals surface area contributed by atoms with Gasteiger partial charge in [0.05, 0.1) is 103 Å². The van der Waals surface area contributed by atoms with E-state index < -0.39 is 125 Å². The molecule has 5 aliphatic rings. The van der Waals surface area contributed by atoms with Gasteiger partial charge in [-0.05, 0) is 127 Å². The van der Waals surface area contributed by atoms with Gasteiger partial charge in [-0.25, -0.2) is 4.79 Å². The summed E-state index contributed by atoms with van der Waals surface area (Å²) in [5.74, 6) is -7.27. The van der Waals surface area contributed by atoms with Crippen LogP contribution in [0.25, 0.3) is 10.9 Å². The third kappa shape index (κ3) is 19.2. The Morgan fingerprint density at radius 1 is 0.883 bits per heavy atom. The van der Waals surface area contributed by atoms with Crippen LogP contribution in [-0.2, 0) is 61.8 Å². The van der Waals surface area contributed by atoms with Gasteiger partial charge in [-0.2, -0.15) is 0 Å². The molecule has 26 heteroatoms. The number of esters is 2. The standard InChI is InChI=1S/C68H110ClN5O20/c1-16-52-67(12,83)59(78)41(6)55(72-94-68(93-38(2)3)23-18-17-19-24-68)39(4)35-65(10,82)60(92-64-57(77)51(73(13)14)32-40(5)87-64)42(7)58(43(8)63(81)89-52)91-54-36-66(11,84-15)61(44(9)88-54)90-53(75)22-25-70-26-28-85-30-31-86-29-27-71-49-33-46-50(34-48(49)69)74(45-20-21-45)37-47(56(46)76)62(79)80/h33-34,37-45,51-52,54,57-61,64,70-71,77-78,82-83H,16-32,35-36H2,1-15H3,(H,79,80)/t39-,40-,41+,42+,43-,44+,51+,52-,54?,57-,58+,59-,60-,61+,64?,65-,66-,67-/m1/s1. The molecule has 18 atom stereocenters. The summed E-state index contributed by atoms with van der Waals surface area (Å²) in [4.78, 5) is 61.7. The molecule has 5 fully saturated rings. The number of likely N-dealkylation sites (N-methyl/N-ethyl adjacent to an activating group) is 1. The van der Waals surface area contributed by atoms with Crippen molar-refractivity contribution in [3.05, 3.63) is 39.1 Å². The van der Waals surface area contributed by atoms with Crippen molar-refractivity contribution in [1.29, 1.82) is 0 Å². The number of halogens is 1. The van der Waals surface area contributed by atoms with Crippen molar-refractivity contribution < 1.29 is 92.1 Å². The highest BCUT2D eigenvalue weighted by Crippen LogP contribution is 2.44. The number of carboxylic acid groups (broad SMARTS) is 1. The van der Waals surface area contributed by atoms with Crippen molar-refractivity contribution in [2.75, 3.05) is 72.6 Å². The van der Waals surface area contributed by atoms with Crippen LogP contribution in [0.2, 0.25) is 5.02 Å². The van der Waals surface area contributed by atoms with Crippen LogP contribution in [0.5, 0.6) is 0 Å². The number of anilines is 1. The fourth-order valence-corrected chi connectivity index (χ4v) is 14.5. The first kappa shape index (κ1) is 77.2. The molecule has 7 rings (SSSR count). The first-order valence-electron chi connectivity index (χ1n) is 34.0. The number of cyclic esters (lactones) is 1. The highest BCUT2D eigenvalue weighted by molar-refractivity contribution is 6.34. The van der Waals surface area contributed by atoms with Crippen molar-refractivity contribution in [2.45, 2.75) is 262 Å². The van der Waals surface area contributed by atoms with Gasteiger partial charge in [-0.15, -0.1) is 0 Å². The summed E-state index contributed by atoms with van der Waals surface area (Å²) < 4.78 is 65.1. The van der Waals surface area contributed by atoms with E-state index in [4.69, 9.17) is 69.0 Å². The number of fused-ring (bicyclic) bond motifs is 1. The lowest BCUT2D eigenvalue weighted by molar-refractivity contribution is -0.318. The molecule has 1 aromatic heterocycles. The number of hydrogen-bond acceptors (Lipinski definition) is 23. The number of carbonyl (C=O) groups excluding carboxylic acids is 2. The number of aliphatic hydroxyl groups is 4. The second-order valence-electron chi connectivity index (χ2n) is 28.1. The van der Waals surface area contributed by atoms with Gasteiger partial charge in [0.15, 0.2) is 18.7 Å². The van der Waals surface area contributed by atoms with E-state index >= 15 is 0 Å². The third-order valence-electron chi connectivity index (χ3n) is 19.6. The van der Waals surface area contributed by atoms with Crippen LogP contribution in [0, 0.1) is 23.7 Å². The van der Waals surface area contributed by atoms with Crippen LogP contribution in [0.4, 0.5) is 5.69 Å². The zero-order chi connectivity index (χ0) is 69.2. The Kier molecular flexibility index (Phi) is 27.6. The van der Waals surface area contributed by atoms with Crippen molar-refractivity contribution in [3.8, 4) is 0 Å². The second kappa shape index (κ2) is 33.6. The highest BCUT2D eigenvalue weighted by atomic mass is 35.5. The number of nitrogens with zero attached hydrogens (tertiary/aromatic N) is 3. The molecule has 4 heterocycles. The van der Waals surface area contributed by atoms with Crippen LogP contribution < -0.4 is 16.1 Å². The highest BCUT2D eigenvalue weighted by Gasteiger charge is 2.55. The minimum atomic E-state index is -2.03. The normalized spacial score (nSPS) is 35.1. The Hall–Kier alpha value is -4.16. The Bertz CT molecular complexity index is 2900. The first-order valence-corrected chi connectivity index (χ1v) is 34.4. The summed E-state index contributed by atoms with van der Waals surface area (Å²) in [6.45, 7) is 23.4. The van der Waals surface area contributed by atoms with E-state index in [2.05, 4.69) is 10.6 Å². The number of ether oxygens (including phenoxy) is 10. The van der Waals surface area contributed by atoms with E-state index in [1.807, 2.05) is 51.3 Å². The molecule has 1 aromatic carbocycles. The number of aromatic nitrogens is 1. The van der Waals surface area contributed by atoms with Gasteiger partial charge < -0.3 is 97.8 Å². The molecule has 534 valence electrons. The summed E-state index contributed by atoms with van der Waals surface area (Å²) in [5.41, 5.74) is -4.50. The number of carbonyl (C=O) groups is 3. The first-order chi connectivity index (χ1) is 44.3. The van der Waals surface area contributed by atoms with E-state index in [1.54, 1.807) is 60.6 Å². The van der Waals surface area contributed by atoms with Crippen molar-refractivity contribution in [1.82, 2.24) is 14.8 Å². The van der Waals surface area contributed by atoms with Gasteiger partial charge in [0, 0.05) is 87.4 Å². The summed E-state index contributed by atoms with van der Waals surface area (Å²) in [6.07, 6.45) is -3.39. The molecular formula is C68H110ClN5O20. The van der Waals surface area contributed by atoms with E-state index in [9.17, 15) is 44.7 Å². The van der Waals surface area contributed by atoms with Gasteiger partial charge in [-0.1, -0.05) is 50.9 Å². The molecule has 2 aliphatic carbocycles. The lowest BCUT2D eigenvalue weighted by Gasteiger charge is -2.49. The van der Waals surface area contributed by atoms with Gasteiger partial charge in [0.25, 0.3) is 0 Å². The Morgan fingerprint density at radius 2 is 1.55 bits per heavy atom. The number of hydrogen-bond donors (Lipinski definition) is 7. The quantitative estimate of drug-likeness (QED) is 0.0199. The van der Waals surface area contributed by atoms with E-state index in [1.165, 1.54) is 20.2 Å². The SMILES string of the molecule is CC[C@H]1OC(=O)[C@H](C)[C@@H](OC2C[C@@](C)(OC)[C@@H](OC(=O)CCNCCOCCOCCNc3cc4c(=O)c(C(=O)O)cn(C5CC5)c4cc3Cl)[C@H](C)O2)[C@H](C)[C@@H](OC2O[C@H](C)C[C@H](N(C)C)[C@H]2O)[C@](C)(O)C[C@@H](C)C(=NOC2(OC(C)C)CCCCC2)[C@H](C)[C@@H](O)[C@]1(C)O. The number of aromatic carboxylic acids is 1. The van der Waals surface area contributed by atoms with Gasteiger partial charge >= 0.3 is 17.9 Å². The third-order valence-corrected chi connectivity index (χ3v) is 19.9. The zero-order valence-electron chi connectivity index (χ0n) is 58.1. The fraction of sp³-hybridized carbons (Fsp3) is 0.809. The smallest absolute Gasteiger partial charge is 0.341 e. The van der Waals surface area contributed by atoms with Gasteiger partial charge in [-0.3, -0.25) is 14.4 Å². The largest absolute Gasteiger partial charge is 0.477 e. The van der Waals surface area contributed by atoms with Gasteiger partial charge in [0.2, 0.25) is 11.2 Å². The number of methoxy groups -OCH3 is 1. The molecule has 0 spiro atoms. The van der Waals surface area contributed by atoms with E-state index in [-0.39, 0.29) is 67.5 Å². The summed E-state index contributed by atoms with van der Waals surface area (Å²) in [5, 5.41) is 71.5. The molecule has 94 heavy (non-hydrogen) atoms. The maximum absolute atomic E-state index is 14.9. The molecule has 3 saturated heterocycles. The summed E-state index contributed by atoms with van der Waals surface area (Å²) in [7, 11) is 5.23. The molecule has 2 unspecified atom stereocenters. The Morgan fingerprint density at radius 3 is 2.17 bits per heavy atom. The maximum atomic E-state index is 14.9. The Balaban J connectivity index is 0.997. The predicted octanol–water partition coefficient (Wildman–Crippen LogP) is 7.35. The average molecular weight is 1350 g/mol. The summed E-state index contributed by atoms with van der Waals surface area (Å²) in [6, 6.07) is 3.03. The zero-order valence-corrected chi connectivity index (χ0v) is 58.8. The topological polar surface area (TPSA) is 316 Å². The second-order valence-corrected chi connectivity index (χ2v) is 28.5. The predicted molar refractivity (Wildman–Crippen MR) is 352 cm³/mol. The van der Waals surface area contributed by atoms with Crippen LogP contribution in [0.3, 0.4) is 0 Å². The van der Waals surface area contributed by atoms with Crippen molar-refractivity contribution in [2.24, 2.45) is 28.8 Å². The Labute approximate surface area is 559 Å². The number of pyridine rings is 1. The molecule has 0 radical (unpaired) electrons. The molecule has 0 bridgehead atoms. The molecule has 2 saturated carbocycles. The number of rotatable bonds is 27. The molecule has 3 aliphatic heterocycles. The maximum Gasteiger partial charge on any atom is 0.341 e. The molecule has 25 nitrogen and oxygen atoms in total. The number of aliphatic hydroxyl groups excluding tert-OH is 2. The van der Waals surface area contributed by atoms with Crippen LogP contribution in [-0.4, -0.2) is 222 Å². The molecule has 2 aromatic rings. The van der Waals surface area contributed by atoms with Crippen molar-refractivity contribution >= 4 is 51.8 Å². The van der Waals surface area contributed by atoms with E-state index in [0.717, 1.165) is 32.1 Å². The molecule has 7 N–H and O–H groups in total. The van der Waals surface area contributed by atoms with Crippen LogP contribution in [0.1, 0.15) is 177 Å². The average Bonchev–Trinajstić information content (AvgIpc) is 1.34. The van der Waals surface area contributed by atoms with Gasteiger partial charge in [0.1, 0.15) is 29.0 Å². The monoisotopic (exact) mass is 1350 g/mol. The lowest BCUT2D eigenvalue weighted by atomic mass is 9.73. The number of oxime groups is 1. The van der Waals surface area contributed by atoms with Crippen molar-refractivity contribution in [3.63, 3.8) is 0 Å². The minimum Gasteiger partial charge on any atom is -0.477 e.